The number of hydrogen-bond acceptors (Lipinski definition) is 5. The van der Waals surface area contributed by atoms with Gasteiger partial charge in [0.1, 0.15) is 6.61 Å². The Morgan fingerprint density at radius 1 is 0.953 bits per heavy atom. The zero-order valence-electron chi connectivity index (χ0n) is 27.6. The van der Waals surface area contributed by atoms with Crippen LogP contribution in [0, 0.1) is 46.3 Å². The lowest BCUT2D eigenvalue weighted by Crippen LogP contribution is -2.51. The summed E-state index contributed by atoms with van der Waals surface area (Å²) in [6.45, 7) is 13.3. The van der Waals surface area contributed by atoms with Crippen LogP contribution in [0.5, 0.6) is 0 Å². The van der Waals surface area contributed by atoms with E-state index in [0.29, 0.717) is 34.4 Å². The Morgan fingerprint density at radius 3 is 2.44 bits per heavy atom. The smallest absolute Gasteiger partial charge is 0.338 e. The van der Waals surface area contributed by atoms with Crippen molar-refractivity contribution in [1.29, 1.82) is 0 Å². The van der Waals surface area contributed by atoms with Crippen LogP contribution in [0.3, 0.4) is 0 Å². The van der Waals surface area contributed by atoms with E-state index in [1.54, 1.807) is 23.8 Å². The third kappa shape index (κ3) is 6.87. The number of nitrogens with two attached hydrogens (primary N) is 2. The summed E-state index contributed by atoms with van der Waals surface area (Å²) >= 11 is 0. The first kappa shape index (κ1) is 32.1. The van der Waals surface area contributed by atoms with Crippen molar-refractivity contribution in [1.82, 2.24) is 0 Å². The van der Waals surface area contributed by atoms with Crippen LogP contribution in [0.25, 0.3) is 0 Å². The molecule has 0 radical (unpaired) electrons. The van der Waals surface area contributed by atoms with Gasteiger partial charge in [-0.05, 0) is 122 Å². The molecule has 0 saturated heterocycles. The lowest BCUT2D eigenvalue weighted by molar-refractivity contribution is -0.0621. The van der Waals surface area contributed by atoms with Gasteiger partial charge in [0.05, 0.1) is 18.3 Å². The second-order valence-electron chi connectivity index (χ2n) is 15.4. The highest BCUT2D eigenvalue weighted by Gasteiger charge is 2.59. The summed E-state index contributed by atoms with van der Waals surface area (Å²) in [4.78, 5) is 12.3. The van der Waals surface area contributed by atoms with Crippen LogP contribution in [-0.4, -0.2) is 25.3 Å². The molecule has 1 aromatic rings. The first-order valence-corrected chi connectivity index (χ1v) is 17.3. The van der Waals surface area contributed by atoms with E-state index in [2.05, 4.69) is 40.7 Å². The van der Waals surface area contributed by atoms with Gasteiger partial charge in [0, 0.05) is 11.4 Å². The lowest BCUT2D eigenvalue weighted by Gasteiger charge is -2.58. The van der Waals surface area contributed by atoms with Crippen molar-refractivity contribution in [3.8, 4) is 0 Å². The molecule has 0 bridgehead atoms. The van der Waals surface area contributed by atoms with Crippen LogP contribution < -0.4 is 11.5 Å². The van der Waals surface area contributed by atoms with Crippen molar-refractivity contribution in [3.05, 3.63) is 47.6 Å². The highest BCUT2D eigenvalue weighted by Crippen LogP contribution is 2.67. The first-order chi connectivity index (χ1) is 20.5. The van der Waals surface area contributed by atoms with E-state index in [-0.39, 0.29) is 12.7 Å². The molecule has 5 heteroatoms. The minimum Gasteiger partial charge on any atom is -0.458 e. The van der Waals surface area contributed by atoms with Gasteiger partial charge in [0.2, 0.25) is 0 Å². The Labute approximate surface area is 261 Å². The zero-order chi connectivity index (χ0) is 30.8. The molecule has 0 spiro atoms. The van der Waals surface area contributed by atoms with E-state index in [0.717, 1.165) is 48.3 Å². The molecule has 8 atom stereocenters. The van der Waals surface area contributed by atoms with Crippen LogP contribution in [0.4, 0.5) is 11.4 Å². The molecule has 43 heavy (non-hydrogen) atoms. The van der Waals surface area contributed by atoms with Gasteiger partial charge in [-0.1, -0.05) is 71.6 Å². The number of nitrogen functional groups attached to an aromatic ring is 2. The molecule has 3 saturated carbocycles. The Balaban J connectivity index is 1.11. The summed E-state index contributed by atoms with van der Waals surface area (Å²) in [5, 5.41) is 0. The minimum absolute atomic E-state index is 0.200. The van der Waals surface area contributed by atoms with Gasteiger partial charge in [0.15, 0.2) is 0 Å². The molecule has 8 unspecified atom stereocenters. The number of fused-ring (bicyclic) bond motifs is 5. The van der Waals surface area contributed by atoms with Gasteiger partial charge in [0.25, 0.3) is 0 Å². The standard InChI is InChI=1S/C38H58N2O3/c1-25(2)9-8-10-26(3)33-13-14-34-32-12-11-28-23-31(15-17-37(28,4)35(32)16-18-38(33,34)5)42-19-6-7-20-43-36(41)27-21-29(39)24-30(40)22-27/h6-7,11,21-22,24-26,31-35H,8-10,12-20,23,39-40H2,1-5H3. The van der Waals surface area contributed by atoms with Crippen molar-refractivity contribution in [2.45, 2.75) is 111 Å². The molecule has 4 aliphatic rings. The number of anilines is 2. The third-order valence-corrected chi connectivity index (χ3v) is 12.4. The predicted octanol–water partition coefficient (Wildman–Crippen LogP) is 8.99. The van der Waals surface area contributed by atoms with Crippen LogP contribution in [0.1, 0.15) is 116 Å². The summed E-state index contributed by atoms with van der Waals surface area (Å²) in [6.07, 6.45) is 21.4. The van der Waals surface area contributed by atoms with Crippen LogP contribution >= 0.6 is 0 Å². The van der Waals surface area contributed by atoms with E-state index >= 15 is 0 Å². The van der Waals surface area contributed by atoms with Crippen molar-refractivity contribution in [3.63, 3.8) is 0 Å². The molecule has 4 aliphatic carbocycles. The molecule has 1 aromatic carbocycles. The fraction of sp³-hybridized carbons (Fsp3) is 0.711. The number of hydrogen-bond donors (Lipinski definition) is 2. The van der Waals surface area contributed by atoms with Gasteiger partial charge in [-0.2, -0.15) is 0 Å². The molecule has 0 amide bonds. The predicted molar refractivity (Wildman–Crippen MR) is 177 cm³/mol. The Hall–Kier alpha value is -2.27. The lowest BCUT2D eigenvalue weighted by atomic mass is 9.47. The largest absolute Gasteiger partial charge is 0.458 e. The first-order valence-electron chi connectivity index (χ1n) is 17.3. The molecule has 5 rings (SSSR count). The highest BCUT2D eigenvalue weighted by molar-refractivity contribution is 5.91. The number of allylic oxidation sites excluding steroid dienone is 1. The summed E-state index contributed by atoms with van der Waals surface area (Å²) in [7, 11) is 0. The highest BCUT2D eigenvalue weighted by atomic mass is 16.5. The van der Waals surface area contributed by atoms with Crippen molar-refractivity contribution < 1.29 is 14.3 Å². The Morgan fingerprint density at radius 2 is 1.70 bits per heavy atom. The second kappa shape index (κ2) is 13.4. The second-order valence-corrected chi connectivity index (χ2v) is 15.4. The topological polar surface area (TPSA) is 87.6 Å². The van der Waals surface area contributed by atoms with Crippen LogP contribution in [-0.2, 0) is 9.47 Å². The Kier molecular flexibility index (Phi) is 10.0. The maximum Gasteiger partial charge on any atom is 0.338 e. The quantitative estimate of drug-likeness (QED) is 0.153. The SMILES string of the molecule is CC(C)CCCC(C)C1CCC2C3CC=C4CC(OCC=CCOC(=O)c5cc(N)cc(N)c5)CCC4(C)C3CCC12C. The van der Waals surface area contributed by atoms with Gasteiger partial charge < -0.3 is 20.9 Å². The van der Waals surface area contributed by atoms with Gasteiger partial charge >= 0.3 is 5.97 Å². The van der Waals surface area contributed by atoms with E-state index in [1.807, 2.05) is 12.2 Å². The maximum absolute atomic E-state index is 12.3. The number of rotatable bonds is 11. The maximum atomic E-state index is 12.3. The number of carbonyl (C=O) groups excluding carboxylic acids is 1. The average molecular weight is 591 g/mol. The molecule has 0 aliphatic heterocycles. The van der Waals surface area contributed by atoms with E-state index in [4.69, 9.17) is 20.9 Å². The molecule has 3 fully saturated rings. The number of ether oxygens (including phenoxy) is 2. The Bertz CT molecular complexity index is 1170. The van der Waals surface area contributed by atoms with E-state index < -0.39 is 5.97 Å². The summed E-state index contributed by atoms with van der Waals surface area (Å²) < 4.78 is 11.7. The summed E-state index contributed by atoms with van der Waals surface area (Å²) in [5.74, 6) is 4.80. The van der Waals surface area contributed by atoms with Gasteiger partial charge in [-0.15, -0.1) is 0 Å². The van der Waals surface area contributed by atoms with Crippen molar-refractivity contribution >= 4 is 17.3 Å². The molecular weight excluding hydrogens is 532 g/mol. The monoisotopic (exact) mass is 590 g/mol. The van der Waals surface area contributed by atoms with Gasteiger partial charge in [-0.3, -0.25) is 0 Å². The van der Waals surface area contributed by atoms with Crippen LogP contribution in [0.2, 0.25) is 0 Å². The van der Waals surface area contributed by atoms with Crippen LogP contribution in [0.15, 0.2) is 42.0 Å². The van der Waals surface area contributed by atoms with E-state index in [1.165, 1.54) is 57.8 Å². The minimum atomic E-state index is -0.425. The van der Waals surface area contributed by atoms with Crippen molar-refractivity contribution in [2.24, 2.45) is 46.3 Å². The number of esters is 1. The van der Waals surface area contributed by atoms with Gasteiger partial charge in [-0.25, -0.2) is 4.79 Å². The summed E-state index contributed by atoms with van der Waals surface area (Å²) in [5.41, 5.74) is 15.4. The fourth-order valence-electron chi connectivity index (χ4n) is 10.1. The number of benzene rings is 1. The molecule has 0 aromatic heterocycles. The fourth-order valence-corrected chi connectivity index (χ4v) is 10.1. The summed E-state index contributed by atoms with van der Waals surface area (Å²) in [6, 6.07) is 4.78. The number of carbonyl (C=O) groups is 1. The molecule has 5 nitrogen and oxygen atoms in total. The molecule has 0 heterocycles. The average Bonchev–Trinajstić information content (AvgIpc) is 3.31. The molecular formula is C38H58N2O3. The van der Waals surface area contributed by atoms with Crippen molar-refractivity contribution in [2.75, 3.05) is 24.7 Å². The molecule has 238 valence electrons. The van der Waals surface area contributed by atoms with E-state index in [9.17, 15) is 4.79 Å². The molecule has 4 N–H and O–H groups in total. The normalized spacial score (nSPS) is 34.4. The zero-order valence-corrected chi connectivity index (χ0v) is 27.6. The third-order valence-electron chi connectivity index (χ3n) is 12.4.